The SMILES string of the molecule is CC(C)(C)S(=O)(=O)c1ccccc1C=NNC(=O)c1ccc(F)cc1. The number of hydrogen-bond donors (Lipinski definition) is 1. The van der Waals surface area contributed by atoms with Gasteiger partial charge in [0, 0.05) is 11.1 Å². The number of hydrogen-bond acceptors (Lipinski definition) is 4. The number of halogens is 1. The van der Waals surface area contributed by atoms with Crippen LogP contribution in [0.25, 0.3) is 0 Å². The van der Waals surface area contributed by atoms with Gasteiger partial charge in [0.15, 0.2) is 9.84 Å². The summed E-state index contributed by atoms with van der Waals surface area (Å²) >= 11 is 0. The van der Waals surface area contributed by atoms with Gasteiger partial charge in [-0.15, -0.1) is 0 Å². The van der Waals surface area contributed by atoms with Crippen molar-refractivity contribution < 1.29 is 17.6 Å². The summed E-state index contributed by atoms with van der Waals surface area (Å²) in [5.74, 6) is -0.964. The van der Waals surface area contributed by atoms with E-state index in [2.05, 4.69) is 10.5 Å². The molecule has 0 unspecified atom stereocenters. The Morgan fingerprint density at radius 1 is 1.08 bits per heavy atom. The molecule has 1 amide bonds. The van der Waals surface area contributed by atoms with E-state index < -0.39 is 26.3 Å². The van der Waals surface area contributed by atoms with E-state index in [1.165, 1.54) is 36.5 Å². The molecule has 0 saturated carbocycles. The van der Waals surface area contributed by atoms with Crippen molar-refractivity contribution in [3.8, 4) is 0 Å². The molecule has 0 heterocycles. The van der Waals surface area contributed by atoms with Crippen LogP contribution in [-0.2, 0) is 9.84 Å². The summed E-state index contributed by atoms with van der Waals surface area (Å²) in [6.07, 6.45) is 1.28. The zero-order chi connectivity index (χ0) is 18.7. The van der Waals surface area contributed by atoms with Gasteiger partial charge in [0.2, 0.25) is 0 Å². The molecule has 0 radical (unpaired) electrons. The van der Waals surface area contributed by atoms with Gasteiger partial charge in [-0.25, -0.2) is 18.2 Å². The number of rotatable bonds is 4. The molecule has 132 valence electrons. The maximum absolute atomic E-state index is 12.9. The molecule has 0 saturated heterocycles. The van der Waals surface area contributed by atoms with Crippen molar-refractivity contribution >= 4 is 22.0 Å². The normalized spacial score (nSPS) is 12.3. The lowest BCUT2D eigenvalue weighted by molar-refractivity contribution is 0.0955. The Kier molecular flexibility index (Phi) is 5.37. The number of carbonyl (C=O) groups is 1. The summed E-state index contributed by atoms with van der Waals surface area (Å²) in [5, 5.41) is 3.81. The second-order valence-electron chi connectivity index (χ2n) is 6.36. The molecule has 2 rings (SSSR count). The van der Waals surface area contributed by atoms with Crippen LogP contribution in [0.5, 0.6) is 0 Å². The second kappa shape index (κ2) is 7.14. The zero-order valence-electron chi connectivity index (χ0n) is 14.2. The number of nitrogens with one attached hydrogen (secondary N) is 1. The molecule has 2 aromatic carbocycles. The van der Waals surface area contributed by atoms with Crippen molar-refractivity contribution in [1.29, 1.82) is 0 Å². The Morgan fingerprint density at radius 3 is 2.28 bits per heavy atom. The predicted molar refractivity (Wildman–Crippen MR) is 94.8 cm³/mol. The van der Waals surface area contributed by atoms with Gasteiger partial charge in [-0.1, -0.05) is 18.2 Å². The molecule has 0 aliphatic carbocycles. The minimum atomic E-state index is -3.56. The van der Waals surface area contributed by atoms with E-state index in [0.717, 1.165) is 0 Å². The fourth-order valence-corrected chi connectivity index (χ4v) is 3.34. The first-order valence-electron chi connectivity index (χ1n) is 7.55. The van der Waals surface area contributed by atoms with Crippen LogP contribution < -0.4 is 5.43 Å². The van der Waals surface area contributed by atoms with Crippen molar-refractivity contribution in [3.05, 3.63) is 65.5 Å². The third-order valence-corrected chi connectivity index (χ3v) is 6.05. The first kappa shape index (κ1) is 18.8. The van der Waals surface area contributed by atoms with Crippen LogP contribution in [0.3, 0.4) is 0 Å². The van der Waals surface area contributed by atoms with Crippen molar-refractivity contribution in [2.45, 2.75) is 30.4 Å². The smallest absolute Gasteiger partial charge is 0.267 e. The average Bonchev–Trinajstić information content (AvgIpc) is 2.54. The molecule has 0 spiro atoms. The van der Waals surface area contributed by atoms with Crippen LogP contribution >= 0.6 is 0 Å². The van der Waals surface area contributed by atoms with Crippen LogP contribution in [0, 0.1) is 5.82 Å². The minimum Gasteiger partial charge on any atom is -0.267 e. The number of nitrogens with zero attached hydrogens (tertiary/aromatic N) is 1. The highest BCUT2D eigenvalue weighted by Gasteiger charge is 2.32. The maximum atomic E-state index is 12.9. The highest BCUT2D eigenvalue weighted by atomic mass is 32.2. The molecule has 0 aliphatic rings. The van der Waals surface area contributed by atoms with Crippen molar-refractivity contribution in [1.82, 2.24) is 5.43 Å². The Morgan fingerprint density at radius 2 is 1.68 bits per heavy atom. The third kappa shape index (κ3) is 4.30. The van der Waals surface area contributed by atoms with Crippen molar-refractivity contribution in [3.63, 3.8) is 0 Å². The van der Waals surface area contributed by atoms with E-state index in [1.54, 1.807) is 39.0 Å². The van der Waals surface area contributed by atoms with Crippen molar-refractivity contribution in [2.75, 3.05) is 0 Å². The summed E-state index contributed by atoms with van der Waals surface area (Å²) in [4.78, 5) is 12.1. The van der Waals surface area contributed by atoms with Gasteiger partial charge in [0.25, 0.3) is 5.91 Å². The molecular formula is C18H19FN2O3S. The molecule has 1 N–H and O–H groups in total. The Balaban J connectivity index is 2.22. The summed E-state index contributed by atoms with van der Waals surface area (Å²) < 4.78 is 37.2. The lowest BCUT2D eigenvalue weighted by Crippen LogP contribution is -2.28. The van der Waals surface area contributed by atoms with E-state index in [0.29, 0.717) is 5.56 Å². The van der Waals surface area contributed by atoms with E-state index in [-0.39, 0.29) is 10.5 Å². The van der Waals surface area contributed by atoms with Crippen LogP contribution in [-0.4, -0.2) is 25.3 Å². The third-order valence-electron chi connectivity index (χ3n) is 3.49. The average molecular weight is 362 g/mol. The fraction of sp³-hybridized carbons (Fsp3) is 0.222. The number of carbonyl (C=O) groups excluding carboxylic acids is 1. The molecule has 25 heavy (non-hydrogen) atoms. The lowest BCUT2D eigenvalue weighted by atomic mass is 10.2. The summed E-state index contributed by atoms with van der Waals surface area (Å²) in [7, 11) is -3.56. The number of sulfone groups is 1. The van der Waals surface area contributed by atoms with Gasteiger partial charge in [0.05, 0.1) is 15.9 Å². The van der Waals surface area contributed by atoms with Crippen LogP contribution in [0.15, 0.2) is 58.5 Å². The molecule has 0 bridgehead atoms. The van der Waals surface area contributed by atoms with Gasteiger partial charge in [-0.05, 0) is 51.1 Å². The Labute approximate surface area is 146 Å². The zero-order valence-corrected chi connectivity index (χ0v) is 15.0. The number of amides is 1. The monoisotopic (exact) mass is 362 g/mol. The van der Waals surface area contributed by atoms with Crippen LogP contribution in [0.4, 0.5) is 4.39 Å². The molecule has 5 nitrogen and oxygen atoms in total. The second-order valence-corrected chi connectivity index (χ2v) is 9.03. The molecule has 7 heteroatoms. The number of hydrazone groups is 1. The summed E-state index contributed by atoms with van der Waals surface area (Å²) in [5.41, 5.74) is 2.91. The largest absolute Gasteiger partial charge is 0.271 e. The summed E-state index contributed by atoms with van der Waals surface area (Å²) in [6.45, 7) is 4.85. The van der Waals surface area contributed by atoms with E-state index in [9.17, 15) is 17.6 Å². The van der Waals surface area contributed by atoms with E-state index in [4.69, 9.17) is 0 Å². The molecule has 0 fully saturated rings. The van der Waals surface area contributed by atoms with E-state index in [1.807, 2.05) is 0 Å². The van der Waals surface area contributed by atoms with Gasteiger partial charge < -0.3 is 0 Å². The summed E-state index contributed by atoms with van der Waals surface area (Å²) in [6, 6.07) is 11.4. The van der Waals surface area contributed by atoms with Crippen molar-refractivity contribution in [2.24, 2.45) is 5.10 Å². The molecule has 0 atom stereocenters. The van der Waals surface area contributed by atoms with Gasteiger partial charge in [0.1, 0.15) is 5.82 Å². The van der Waals surface area contributed by atoms with Crippen LogP contribution in [0.2, 0.25) is 0 Å². The lowest BCUT2D eigenvalue weighted by Gasteiger charge is -2.20. The quantitative estimate of drug-likeness (QED) is 0.670. The molecule has 2 aromatic rings. The Bertz CT molecular complexity index is 899. The maximum Gasteiger partial charge on any atom is 0.271 e. The first-order chi connectivity index (χ1) is 11.6. The standard InChI is InChI=1S/C18H19FN2O3S/c1-18(2,3)25(23,24)16-7-5-4-6-14(16)12-20-21-17(22)13-8-10-15(19)11-9-13/h4-12H,1-3H3,(H,21,22). The first-order valence-corrected chi connectivity index (χ1v) is 9.04. The topological polar surface area (TPSA) is 75.6 Å². The highest BCUT2D eigenvalue weighted by Crippen LogP contribution is 2.26. The van der Waals surface area contributed by atoms with Crippen LogP contribution in [0.1, 0.15) is 36.7 Å². The van der Waals surface area contributed by atoms with Gasteiger partial charge in [-0.3, -0.25) is 4.79 Å². The number of benzene rings is 2. The van der Waals surface area contributed by atoms with E-state index >= 15 is 0 Å². The van der Waals surface area contributed by atoms with Gasteiger partial charge >= 0.3 is 0 Å². The molecule has 0 aliphatic heterocycles. The van der Waals surface area contributed by atoms with Gasteiger partial charge in [-0.2, -0.15) is 5.10 Å². The predicted octanol–water partition coefficient (Wildman–Crippen LogP) is 3.16. The Hall–Kier alpha value is -2.54. The molecule has 0 aromatic heterocycles. The minimum absolute atomic E-state index is 0.141. The molecular weight excluding hydrogens is 343 g/mol. The highest BCUT2D eigenvalue weighted by molar-refractivity contribution is 7.92. The fourth-order valence-electron chi connectivity index (χ4n) is 1.99.